The number of carbonyl (C=O) groups excluding carboxylic acids is 1. The fraction of sp³-hybridized carbons (Fsp3) is 0.188. The van der Waals surface area contributed by atoms with E-state index in [1.54, 1.807) is 6.92 Å². The van der Waals surface area contributed by atoms with E-state index in [1.807, 2.05) is 0 Å². The van der Waals surface area contributed by atoms with Crippen LogP contribution in [-0.4, -0.2) is 11.7 Å². The summed E-state index contributed by atoms with van der Waals surface area (Å²) in [6.07, 6.45) is 0. The lowest BCUT2D eigenvalue weighted by molar-refractivity contribution is -0.119. The number of carbonyl (C=O) groups is 1. The van der Waals surface area contributed by atoms with Gasteiger partial charge in [0.15, 0.2) is 0 Å². The number of hydrogen-bond donors (Lipinski definition) is 1. The number of halogens is 4. The molecule has 2 aromatic carbocycles. The minimum Gasteiger partial charge on any atom is -0.349 e. The highest BCUT2D eigenvalue weighted by Gasteiger charge is 2.15. The molecule has 0 unspecified atom stereocenters. The zero-order chi connectivity index (χ0) is 17.0. The van der Waals surface area contributed by atoms with Gasteiger partial charge in [-0.3, -0.25) is 4.79 Å². The highest BCUT2D eigenvalue weighted by atomic mass is 32.2. The van der Waals surface area contributed by atoms with E-state index in [4.69, 9.17) is 0 Å². The molecule has 0 fully saturated rings. The molecular formula is C16H13F4NOS. The fourth-order valence-electron chi connectivity index (χ4n) is 1.94. The standard InChI is InChI=1S/C16H13F4NOS/c1-9(12-4-2-10(17)6-14(12)20)21-16(22)8-23-15-7-11(18)3-5-13(15)19/h2-7,9H,8H2,1H3,(H,21,22)/t9-/m1/s1. The summed E-state index contributed by atoms with van der Waals surface area (Å²) in [5.41, 5.74) is 0.140. The largest absolute Gasteiger partial charge is 0.349 e. The first-order valence-corrected chi connectivity index (χ1v) is 7.67. The molecule has 0 aliphatic carbocycles. The molecule has 0 aliphatic rings. The fourth-order valence-corrected chi connectivity index (χ4v) is 2.72. The van der Waals surface area contributed by atoms with Crippen LogP contribution in [0.1, 0.15) is 18.5 Å². The van der Waals surface area contributed by atoms with Crippen molar-refractivity contribution in [3.05, 3.63) is 65.2 Å². The van der Waals surface area contributed by atoms with Crippen molar-refractivity contribution in [2.24, 2.45) is 0 Å². The Kier molecular flexibility index (Phi) is 5.65. The Morgan fingerprint density at radius 3 is 2.39 bits per heavy atom. The molecule has 0 bridgehead atoms. The minimum absolute atomic E-state index is 0.0146. The van der Waals surface area contributed by atoms with Gasteiger partial charge in [-0.15, -0.1) is 11.8 Å². The number of thioether (sulfide) groups is 1. The summed E-state index contributed by atoms with van der Waals surface area (Å²) in [6.45, 7) is 1.54. The van der Waals surface area contributed by atoms with Gasteiger partial charge in [-0.05, 0) is 31.2 Å². The lowest BCUT2D eigenvalue weighted by Crippen LogP contribution is -2.28. The van der Waals surface area contributed by atoms with Gasteiger partial charge in [0.2, 0.25) is 5.91 Å². The quantitative estimate of drug-likeness (QED) is 0.651. The van der Waals surface area contributed by atoms with E-state index in [9.17, 15) is 22.4 Å². The smallest absolute Gasteiger partial charge is 0.230 e. The van der Waals surface area contributed by atoms with Gasteiger partial charge in [-0.1, -0.05) is 6.07 Å². The number of amides is 1. The van der Waals surface area contributed by atoms with Crippen molar-refractivity contribution >= 4 is 17.7 Å². The van der Waals surface area contributed by atoms with Crippen molar-refractivity contribution in [1.29, 1.82) is 0 Å². The summed E-state index contributed by atoms with van der Waals surface area (Å²) in [7, 11) is 0. The van der Waals surface area contributed by atoms with Crippen LogP contribution in [0, 0.1) is 23.3 Å². The Bertz CT molecular complexity index is 723. The van der Waals surface area contributed by atoms with Crippen molar-refractivity contribution in [2.75, 3.05) is 5.75 Å². The second-order valence-corrected chi connectivity index (χ2v) is 5.84. The number of benzene rings is 2. The van der Waals surface area contributed by atoms with Gasteiger partial charge in [0, 0.05) is 16.5 Å². The first-order valence-electron chi connectivity index (χ1n) is 6.69. The van der Waals surface area contributed by atoms with E-state index in [-0.39, 0.29) is 16.2 Å². The molecule has 122 valence electrons. The van der Waals surface area contributed by atoms with Crippen LogP contribution < -0.4 is 5.32 Å². The summed E-state index contributed by atoms with van der Waals surface area (Å²) < 4.78 is 52.9. The maximum atomic E-state index is 13.6. The van der Waals surface area contributed by atoms with Crippen LogP contribution in [0.25, 0.3) is 0 Å². The average molecular weight is 343 g/mol. The molecule has 0 heterocycles. The van der Waals surface area contributed by atoms with E-state index in [0.717, 1.165) is 42.1 Å². The Balaban J connectivity index is 1.95. The zero-order valence-electron chi connectivity index (χ0n) is 12.1. The number of hydrogen-bond acceptors (Lipinski definition) is 2. The molecule has 0 aromatic heterocycles. The van der Waals surface area contributed by atoms with E-state index in [1.165, 1.54) is 6.07 Å². The van der Waals surface area contributed by atoms with E-state index < -0.39 is 35.2 Å². The third kappa shape index (κ3) is 4.72. The van der Waals surface area contributed by atoms with Crippen LogP contribution in [0.3, 0.4) is 0 Å². The summed E-state index contributed by atoms with van der Waals surface area (Å²) in [5, 5.41) is 2.52. The molecule has 1 atom stereocenters. The molecule has 2 rings (SSSR count). The molecule has 0 radical (unpaired) electrons. The highest BCUT2D eigenvalue weighted by molar-refractivity contribution is 8.00. The van der Waals surface area contributed by atoms with E-state index in [0.29, 0.717) is 0 Å². The van der Waals surface area contributed by atoms with Crippen LogP contribution in [0.4, 0.5) is 17.6 Å². The van der Waals surface area contributed by atoms with Crippen LogP contribution in [-0.2, 0) is 4.79 Å². The molecule has 1 N–H and O–H groups in total. The van der Waals surface area contributed by atoms with Gasteiger partial charge in [0.05, 0.1) is 11.8 Å². The summed E-state index contributed by atoms with van der Waals surface area (Å²) in [5.74, 6) is -3.33. The Labute approximate surface area is 134 Å². The van der Waals surface area contributed by atoms with Crippen LogP contribution in [0.15, 0.2) is 41.3 Å². The normalized spacial score (nSPS) is 12.0. The Hall–Kier alpha value is -2.02. The zero-order valence-corrected chi connectivity index (χ0v) is 12.9. The molecule has 0 saturated heterocycles. The summed E-state index contributed by atoms with van der Waals surface area (Å²) in [6, 6.07) is 5.35. The lowest BCUT2D eigenvalue weighted by atomic mass is 10.1. The van der Waals surface area contributed by atoms with Gasteiger partial charge in [-0.2, -0.15) is 0 Å². The van der Waals surface area contributed by atoms with Gasteiger partial charge >= 0.3 is 0 Å². The molecule has 2 nitrogen and oxygen atoms in total. The van der Waals surface area contributed by atoms with E-state index in [2.05, 4.69) is 5.32 Å². The third-order valence-corrected chi connectivity index (χ3v) is 4.09. The minimum atomic E-state index is -0.762. The first kappa shape index (κ1) is 17.3. The maximum Gasteiger partial charge on any atom is 0.230 e. The van der Waals surface area contributed by atoms with Gasteiger partial charge in [0.25, 0.3) is 0 Å². The SMILES string of the molecule is C[C@@H](NC(=O)CSc1cc(F)ccc1F)c1ccc(F)cc1F. The molecular weight excluding hydrogens is 330 g/mol. The molecule has 1 amide bonds. The highest BCUT2D eigenvalue weighted by Crippen LogP contribution is 2.23. The predicted octanol–water partition coefficient (Wildman–Crippen LogP) is 4.21. The molecule has 23 heavy (non-hydrogen) atoms. The van der Waals surface area contributed by atoms with Crippen molar-refractivity contribution in [1.82, 2.24) is 5.32 Å². The summed E-state index contributed by atoms with van der Waals surface area (Å²) >= 11 is 0.832. The molecule has 0 spiro atoms. The van der Waals surface area contributed by atoms with Crippen LogP contribution >= 0.6 is 11.8 Å². The number of nitrogens with one attached hydrogen (secondary N) is 1. The van der Waals surface area contributed by atoms with Gasteiger partial charge in [0.1, 0.15) is 23.3 Å². The molecule has 7 heteroatoms. The molecule has 0 saturated carbocycles. The van der Waals surface area contributed by atoms with E-state index >= 15 is 0 Å². The maximum absolute atomic E-state index is 13.6. The van der Waals surface area contributed by atoms with Gasteiger partial charge < -0.3 is 5.32 Å². The first-order chi connectivity index (χ1) is 10.9. The monoisotopic (exact) mass is 343 g/mol. The Morgan fingerprint density at radius 1 is 1.04 bits per heavy atom. The molecule has 2 aromatic rings. The third-order valence-electron chi connectivity index (χ3n) is 3.06. The van der Waals surface area contributed by atoms with Crippen molar-refractivity contribution < 1.29 is 22.4 Å². The second-order valence-electron chi connectivity index (χ2n) is 4.82. The topological polar surface area (TPSA) is 29.1 Å². The molecule has 0 aliphatic heterocycles. The van der Waals surface area contributed by atoms with Crippen LogP contribution in [0.2, 0.25) is 0 Å². The number of rotatable bonds is 5. The average Bonchev–Trinajstić information content (AvgIpc) is 2.48. The van der Waals surface area contributed by atoms with Crippen molar-refractivity contribution in [3.63, 3.8) is 0 Å². The van der Waals surface area contributed by atoms with Gasteiger partial charge in [-0.25, -0.2) is 17.6 Å². The predicted molar refractivity (Wildman–Crippen MR) is 80.0 cm³/mol. The van der Waals surface area contributed by atoms with Crippen LogP contribution in [0.5, 0.6) is 0 Å². The van der Waals surface area contributed by atoms with Crippen molar-refractivity contribution in [2.45, 2.75) is 17.9 Å². The second kappa shape index (κ2) is 7.50. The summed E-state index contributed by atoms with van der Waals surface area (Å²) in [4.78, 5) is 11.8. The van der Waals surface area contributed by atoms with Crippen molar-refractivity contribution in [3.8, 4) is 0 Å². The Morgan fingerprint density at radius 2 is 1.70 bits per heavy atom. The lowest BCUT2D eigenvalue weighted by Gasteiger charge is -2.15.